The molecule has 0 aromatic rings. The Bertz CT molecular complexity index is 429. The van der Waals surface area contributed by atoms with E-state index >= 15 is 0 Å². The van der Waals surface area contributed by atoms with E-state index in [0.717, 1.165) is 6.42 Å². The second-order valence-electron chi connectivity index (χ2n) is 4.47. The van der Waals surface area contributed by atoms with Crippen LogP contribution in [0.25, 0.3) is 0 Å². The first kappa shape index (κ1) is 18.1. The van der Waals surface area contributed by atoms with Crippen LogP contribution in [0.3, 0.4) is 0 Å². The summed E-state index contributed by atoms with van der Waals surface area (Å²) < 4.78 is 0. The summed E-state index contributed by atoms with van der Waals surface area (Å²) in [6, 6.07) is 0. The van der Waals surface area contributed by atoms with Crippen LogP contribution in [0.1, 0.15) is 71.1 Å². The van der Waals surface area contributed by atoms with E-state index < -0.39 is 5.97 Å². The molecule has 0 aromatic heterocycles. The molecule has 0 saturated carbocycles. The average molecular weight is 272 g/mol. The van der Waals surface area contributed by atoms with Crippen molar-refractivity contribution in [1.29, 1.82) is 0 Å². The van der Waals surface area contributed by atoms with E-state index in [-0.39, 0.29) is 6.42 Å². The Morgan fingerprint density at radius 2 is 1.35 bits per heavy atom. The quantitative estimate of drug-likeness (QED) is 0.562. The first-order valence-corrected chi connectivity index (χ1v) is 7.36. The maximum absolute atomic E-state index is 10.2. The van der Waals surface area contributed by atoms with Crippen molar-refractivity contribution in [3.05, 3.63) is 0 Å². The summed E-state index contributed by atoms with van der Waals surface area (Å²) in [7, 11) is 0. The summed E-state index contributed by atoms with van der Waals surface area (Å²) in [4.78, 5) is 10.2. The monoisotopic (exact) mass is 272 g/mol. The van der Waals surface area contributed by atoms with Crippen LogP contribution in [0.2, 0.25) is 0 Å². The third-order valence-electron chi connectivity index (χ3n) is 2.58. The van der Waals surface area contributed by atoms with Crippen LogP contribution < -0.4 is 0 Å². The molecule has 0 radical (unpaired) electrons. The van der Waals surface area contributed by atoms with Gasteiger partial charge in [0.25, 0.3) is 0 Å². The van der Waals surface area contributed by atoms with Gasteiger partial charge in [0.1, 0.15) is 0 Å². The first-order valence-electron chi connectivity index (χ1n) is 7.36. The van der Waals surface area contributed by atoms with Crippen LogP contribution >= 0.6 is 0 Å². The summed E-state index contributed by atoms with van der Waals surface area (Å²) in [5.74, 6) is 17.2. The minimum Gasteiger partial charge on any atom is -0.481 e. The highest BCUT2D eigenvalue weighted by molar-refractivity contribution is 5.66. The van der Waals surface area contributed by atoms with Crippen molar-refractivity contribution in [3.8, 4) is 35.5 Å². The maximum atomic E-state index is 10.2. The molecule has 0 rings (SSSR count). The second kappa shape index (κ2) is 15.2. The number of carboxylic acids is 1. The highest BCUT2D eigenvalue weighted by Crippen LogP contribution is 2.00. The van der Waals surface area contributed by atoms with Crippen molar-refractivity contribution in [2.75, 3.05) is 0 Å². The number of unbranched alkanes of at least 4 members (excludes halogenated alkanes) is 5. The number of carbonyl (C=O) groups is 1. The van der Waals surface area contributed by atoms with Gasteiger partial charge in [-0.1, -0.05) is 49.9 Å². The Kier molecular flexibility index (Phi) is 13.8. The molecule has 0 aliphatic carbocycles. The van der Waals surface area contributed by atoms with Gasteiger partial charge in [-0.05, 0) is 12.8 Å². The van der Waals surface area contributed by atoms with Gasteiger partial charge in [-0.15, -0.1) is 11.8 Å². The zero-order valence-corrected chi connectivity index (χ0v) is 12.4. The van der Waals surface area contributed by atoms with Gasteiger partial charge >= 0.3 is 5.97 Å². The Morgan fingerprint density at radius 3 is 1.90 bits per heavy atom. The smallest absolute Gasteiger partial charge is 0.303 e. The topological polar surface area (TPSA) is 37.3 Å². The van der Waals surface area contributed by atoms with E-state index in [1.54, 1.807) is 0 Å². The predicted octanol–water partition coefficient (Wildman–Crippen LogP) is 4.00. The molecule has 2 heteroatoms. The second-order valence-corrected chi connectivity index (χ2v) is 4.47. The molecule has 0 saturated heterocycles. The Hall–Kier alpha value is -1.85. The number of rotatable bonds is 7. The molecule has 0 fully saturated rings. The molecule has 0 amide bonds. The molecule has 0 unspecified atom stereocenters. The molecule has 0 atom stereocenters. The van der Waals surface area contributed by atoms with Crippen LogP contribution in [-0.2, 0) is 4.79 Å². The molecule has 0 aliphatic rings. The molecule has 20 heavy (non-hydrogen) atoms. The highest BCUT2D eigenvalue weighted by atomic mass is 16.4. The largest absolute Gasteiger partial charge is 0.481 e. The fourth-order valence-electron chi connectivity index (χ4n) is 1.48. The normalized spacial score (nSPS) is 8.45. The number of carboxylic acid groups (broad SMARTS) is 1. The molecular formula is C18H24O2. The van der Waals surface area contributed by atoms with E-state index in [1.807, 2.05) is 0 Å². The molecule has 1 N–H and O–H groups in total. The Labute approximate surface area is 123 Å². The molecule has 108 valence electrons. The minimum absolute atomic E-state index is 0.189. The third kappa shape index (κ3) is 16.1. The zero-order valence-electron chi connectivity index (χ0n) is 12.4. The molecule has 0 aliphatic heterocycles. The Balaban J connectivity index is 3.47. The highest BCUT2D eigenvalue weighted by Gasteiger charge is 1.92. The number of aliphatic carboxylic acids is 1. The van der Waals surface area contributed by atoms with E-state index in [9.17, 15) is 4.79 Å². The molecular weight excluding hydrogens is 248 g/mol. The lowest BCUT2D eigenvalue weighted by Gasteiger charge is -1.91. The van der Waals surface area contributed by atoms with Gasteiger partial charge in [0.15, 0.2) is 0 Å². The van der Waals surface area contributed by atoms with Crippen LogP contribution in [0.15, 0.2) is 0 Å². The van der Waals surface area contributed by atoms with E-state index in [4.69, 9.17) is 5.11 Å². The summed E-state index contributed by atoms with van der Waals surface area (Å²) >= 11 is 0. The van der Waals surface area contributed by atoms with Gasteiger partial charge in [-0.3, -0.25) is 4.79 Å². The number of hydrogen-bond acceptors (Lipinski definition) is 1. The van der Waals surface area contributed by atoms with Crippen molar-refractivity contribution >= 4 is 5.97 Å². The van der Waals surface area contributed by atoms with Gasteiger partial charge in [-0.25, -0.2) is 0 Å². The first-order chi connectivity index (χ1) is 9.77. The molecule has 0 aromatic carbocycles. The SMILES string of the molecule is CCCCCCC#CCC#CCC#CCCCC(=O)O. The summed E-state index contributed by atoms with van der Waals surface area (Å²) in [5, 5.41) is 8.43. The third-order valence-corrected chi connectivity index (χ3v) is 2.58. The lowest BCUT2D eigenvalue weighted by molar-refractivity contribution is -0.137. The van der Waals surface area contributed by atoms with Gasteiger partial charge in [0, 0.05) is 19.3 Å². The van der Waals surface area contributed by atoms with Crippen molar-refractivity contribution in [3.63, 3.8) is 0 Å². The lowest BCUT2D eigenvalue weighted by Crippen LogP contribution is -1.92. The zero-order chi connectivity index (χ0) is 14.9. The van der Waals surface area contributed by atoms with Gasteiger partial charge in [-0.2, -0.15) is 0 Å². The van der Waals surface area contributed by atoms with Crippen LogP contribution in [0, 0.1) is 35.5 Å². The fraction of sp³-hybridized carbons (Fsp3) is 0.611. The minimum atomic E-state index is -0.764. The van der Waals surface area contributed by atoms with Crippen LogP contribution in [0.5, 0.6) is 0 Å². The van der Waals surface area contributed by atoms with Gasteiger partial charge < -0.3 is 5.11 Å². The van der Waals surface area contributed by atoms with Crippen molar-refractivity contribution in [2.24, 2.45) is 0 Å². The van der Waals surface area contributed by atoms with Crippen LogP contribution in [-0.4, -0.2) is 11.1 Å². The number of hydrogen-bond donors (Lipinski definition) is 1. The summed E-state index contributed by atoms with van der Waals surface area (Å²) in [6.07, 6.45) is 8.59. The van der Waals surface area contributed by atoms with Gasteiger partial charge in [0.2, 0.25) is 0 Å². The van der Waals surface area contributed by atoms with Crippen molar-refractivity contribution in [1.82, 2.24) is 0 Å². The van der Waals surface area contributed by atoms with Gasteiger partial charge in [0.05, 0.1) is 12.8 Å². The average Bonchev–Trinajstić information content (AvgIpc) is 2.43. The molecule has 2 nitrogen and oxygen atoms in total. The predicted molar refractivity (Wildman–Crippen MR) is 82.8 cm³/mol. The van der Waals surface area contributed by atoms with E-state index in [0.29, 0.717) is 25.7 Å². The van der Waals surface area contributed by atoms with Crippen molar-refractivity contribution in [2.45, 2.75) is 71.1 Å². The lowest BCUT2D eigenvalue weighted by atomic mass is 10.1. The molecule has 0 bridgehead atoms. The summed E-state index contributed by atoms with van der Waals surface area (Å²) in [5.41, 5.74) is 0. The van der Waals surface area contributed by atoms with E-state index in [1.165, 1.54) is 25.7 Å². The summed E-state index contributed by atoms with van der Waals surface area (Å²) in [6.45, 7) is 2.20. The Morgan fingerprint density at radius 1 is 0.800 bits per heavy atom. The van der Waals surface area contributed by atoms with Crippen molar-refractivity contribution < 1.29 is 9.90 Å². The maximum Gasteiger partial charge on any atom is 0.303 e. The van der Waals surface area contributed by atoms with Crippen LogP contribution in [0.4, 0.5) is 0 Å². The van der Waals surface area contributed by atoms with E-state index in [2.05, 4.69) is 42.4 Å². The fourth-order valence-corrected chi connectivity index (χ4v) is 1.48. The standard InChI is InChI=1S/C18H24O2/c1-2-3-4-5-6-7-8-9-10-11-12-13-14-15-16-17-18(19)20/h2-6,9,12,15-17H2,1H3,(H,19,20). The molecule has 0 spiro atoms. The molecule has 0 heterocycles.